The summed E-state index contributed by atoms with van der Waals surface area (Å²) < 4.78 is 37.7. The van der Waals surface area contributed by atoms with Gasteiger partial charge < -0.3 is 34.7 Å². The van der Waals surface area contributed by atoms with E-state index in [0.29, 0.717) is 52.8 Å². The van der Waals surface area contributed by atoms with Gasteiger partial charge in [-0.3, -0.25) is 14.6 Å². The van der Waals surface area contributed by atoms with E-state index in [4.69, 9.17) is 18.9 Å². The van der Waals surface area contributed by atoms with Crippen molar-refractivity contribution in [1.29, 1.82) is 0 Å². The zero-order valence-electron chi connectivity index (χ0n) is 25.0. The van der Waals surface area contributed by atoms with Crippen LogP contribution >= 0.6 is 8.58 Å². The van der Waals surface area contributed by atoms with Gasteiger partial charge in [-0.25, -0.2) is 4.39 Å². The Morgan fingerprint density at radius 2 is 1.71 bits per heavy atom. The molecule has 236 valence electrons. The molecule has 2 amide bonds. The zero-order chi connectivity index (χ0) is 31.8. The van der Waals surface area contributed by atoms with Crippen molar-refractivity contribution >= 4 is 37.0 Å². The molecule has 0 atom stereocenters. The van der Waals surface area contributed by atoms with Gasteiger partial charge in [-0.2, -0.15) is 0 Å². The first kappa shape index (κ1) is 31.8. The van der Waals surface area contributed by atoms with E-state index in [0.717, 1.165) is 20.2 Å². The van der Waals surface area contributed by atoms with Crippen molar-refractivity contribution in [2.75, 3.05) is 45.0 Å². The number of carbonyl (C=O) groups excluding carboxylic acids is 2. The zero-order valence-corrected chi connectivity index (χ0v) is 26.0. The first-order valence-electron chi connectivity index (χ1n) is 14.6. The molecule has 1 aliphatic rings. The lowest BCUT2D eigenvalue weighted by Crippen LogP contribution is -2.36. The first-order valence-corrected chi connectivity index (χ1v) is 16.0. The number of anilines is 1. The number of fused-ring (bicyclic) bond motifs is 1. The number of benzene rings is 3. The third-order valence-corrected chi connectivity index (χ3v) is 8.76. The molecule has 0 bridgehead atoms. The standard InChI is InChI=1S/C33H35FN3O7P/c1-41-29-5-3-20(15-26(29)38)7-11-36-32(39)33(40)37-22-4-6-28(24(34)16-22)44-27-8-12-35-25-18-31(30(42-2)17-23(25)27)43-19-21-9-13-45-14-10-21/h3-6,8,12,15-18,21,38,45H,7,9-11,13-14,19H2,1-2H3,(H,36,39)(H,37,40). The third-order valence-electron chi connectivity index (χ3n) is 7.48. The molecule has 1 saturated heterocycles. The summed E-state index contributed by atoms with van der Waals surface area (Å²) in [5, 5.41) is 15.4. The fraction of sp³-hybridized carbons (Fsp3) is 0.303. The molecule has 4 aromatic rings. The molecular weight excluding hydrogens is 600 g/mol. The van der Waals surface area contributed by atoms with E-state index in [2.05, 4.69) is 15.6 Å². The maximum Gasteiger partial charge on any atom is 0.313 e. The summed E-state index contributed by atoms with van der Waals surface area (Å²) in [4.78, 5) is 29.1. The largest absolute Gasteiger partial charge is 0.504 e. The van der Waals surface area contributed by atoms with Crippen LogP contribution in [0.4, 0.5) is 10.1 Å². The van der Waals surface area contributed by atoms with Crippen molar-refractivity contribution in [2.24, 2.45) is 5.92 Å². The van der Waals surface area contributed by atoms with Crippen molar-refractivity contribution < 1.29 is 38.0 Å². The highest BCUT2D eigenvalue weighted by molar-refractivity contribution is 7.38. The first-order chi connectivity index (χ1) is 21.8. The van der Waals surface area contributed by atoms with Crippen molar-refractivity contribution in [3.8, 4) is 34.5 Å². The molecule has 1 aliphatic heterocycles. The van der Waals surface area contributed by atoms with Crippen molar-refractivity contribution in [3.05, 3.63) is 72.2 Å². The minimum atomic E-state index is -0.949. The minimum Gasteiger partial charge on any atom is -0.504 e. The van der Waals surface area contributed by atoms with Gasteiger partial charge in [-0.15, -0.1) is 8.58 Å². The van der Waals surface area contributed by atoms with Crippen LogP contribution in [-0.2, 0) is 16.0 Å². The van der Waals surface area contributed by atoms with Crippen LogP contribution in [0.15, 0.2) is 60.8 Å². The summed E-state index contributed by atoms with van der Waals surface area (Å²) in [5.74, 6) is -0.321. The van der Waals surface area contributed by atoms with Gasteiger partial charge >= 0.3 is 11.8 Å². The van der Waals surface area contributed by atoms with Crippen LogP contribution in [0.25, 0.3) is 10.9 Å². The van der Waals surface area contributed by atoms with Crippen LogP contribution in [0.3, 0.4) is 0 Å². The van der Waals surface area contributed by atoms with Crippen LogP contribution < -0.4 is 29.6 Å². The summed E-state index contributed by atoms with van der Waals surface area (Å²) in [6.07, 6.45) is 6.79. The number of amides is 2. The summed E-state index contributed by atoms with van der Waals surface area (Å²) in [6, 6.07) is 13.9. The van der Waals surface area contributed by atoms with E-state index in [9.17, 15) is 14.7 Å². The van der Waals surface area contributed by atoms with Gasteiger partial charge in [-0.05, 0) is 79.5 Å². The second kappa shape index (κ2) is 14.9. The number of phenols is 1. The summed E-state index contributed by atoms with van der Waals surface area (Å²) in [7, 11) is 4.06. The monoisotopic (exact) mass is 635 g/mol. The molecule has 0 aliphatic carbocycles. The van der Waals surface area contributed by atoms with Gasteiger partial charge in [0.15, 0.2) is 34.6 Å². The predicted octanol–water partition coefficient (Wildman–Crippen LogP) is 5.65. The molecular formula is C33H35FN3O7P. The van der Waals surface area contributed by atoms with E-state index in [-0.39, 0.29) is 23.7 Å². The molecule has 3 N–H and O–H groups in total. The van der Waals surface area contributed by atoms with Crippen molar-refractivity contribution in [1.82, 2.24) is 10.3 Å². The molecule has 12 heteroatoms. The number of halogens is 1. The van der Waals surface area contributed by atoms with E-state index >= 15 is 4.39 Å². The Morgan fingerprint density at radius 3 is 2.44 bits per heavy atom. The van der Waals surface area contributed by atoms with Gasteiger partial charge in [-0.1, -0.05) is 6.07 Å². The second-order valence-electron chi connectivity index (χ2n) is 10.5. The highest BCUT2D eigenvalue weighted by Crippen LogP contribution is 2.38. The number of ether oxygens (including phenoxy) is 4. The second-order valence-corrected chi connectivity index (χ2v) is 12.0. The van der Waals surface area contributed by atoms with Gasteiger partial charge in [0.1, 0.15) is 5.75 Å². The number of phenolic OH excluding ortho intramolecular Hbond substituents is 1. The molecule has 10 nitrogen and oxygen atoms in total. The lowest BCUT2D eigenvalue weighted by Gasteiger charge is -2.22. The van der Waals surface area contributed by atoms with Crippen LogP contribution in [0, 0.1) is 11.7 Å². The maximum absolute atomic E-state index is 15.1. The normalized spacial score (nSPS) is 15.0. The topological polar surface area (TPSA) is 128 Å². The Balaban J connectivity index is 1.20. The fourth-order valence-corrected chi connectivity index (χ4v) is 6.48. The number of rotatable bonds is 11. The molecule has 0 radical (unpaired) electrons. The summed E-state index contributed by atoms with van der Waals surface area (Å²) in [5.41, 5.74) is 1.44. The molecule has 0 unspecified atom stereocenters. The number of carbonyl (C=O) groups is 2. The molecule has 1 aromatic heterocycles. The van der Waals surface area contributed by atoms with E-state index in [1.807, 2.05) is 0 Å². The predicted molar refractivity (Wildman–Crippen MR) is 171 cm³/mol. The van der Waals surface area contributed by atoms with Crippen LogP contribution in [0.2, 0.25) is 0 Å². The highest BCUT2D eigenvalue weighted by atomic mass is 31.1. The number of hydrogen-bond acceptors (Lipinski definition) is 8. The molecule has 1 fully saturated rings. The lowest BCUT2D eigenvalue weighted by molar-refractivity contribution is -0.136. The average molecular weight is 636 g/mol. The molecule has 5 rings (SSSR count). The van der Waals surface area contributed by atoms with Gasteiger partial charge in [0.25, 0.3) is 0 Å². The van der Waals surface area contributed by atoms with Crippen LogP contribution in [0.1, 0.15) is 18.4 Å². The number of aromatic hydroxyl groups is 1. The minimum absolute atomic E-state index is 0.0191. The molecule has 3 aromatic carbocycles. The number of aromatic nitrogens is 1. The van der Waals surface area contributed by atoms with E-state index < -0.39 is 17.6 Å². The van der Waals surface area contributed by atoms with Crippen LogP contribution in [0.5, 0.6) is 34.5 Å². The number of methoxy groups -OCH3 is 2. The number of nitrogens with one attached hydrogen (secondary N) is 2. The van der Waals surface area contributed by atoms with Gasteiger partial charge in [0.05, 0.1) is 26.3 Å². The van der Waals surface area contributed by atoms with Crippen LogP contribution in [-0.4, -0.2) is 61.6 Å². The third kappa shape index (κ3) is 8.10. The quantitative estimate of drug-likeness (QED) is 0.143. The van der Waals surface area contributed by atoms with Crippen molar-refractivity contribution in [3.63, 3.8) is 0 Å². The summed E-state index contributed by atoms with van der Waals surface area (Å²) in [6.45, 7) is 0.769. The molecule has 0 spiro atoms. The van der Waals surface area contributed by atoms with Gasteiger partial charge in [0.2, 0.25) is 0 Å². The van der Waals surface area contributed by atoms with Crippen molar-refractivity contribution in [2.45, 2.75) is 19.3 Å². The Bertz CT molecular complexity index is 1680. The molecule has 2 heterocycles. The smallest absolute Gasteiger partial charge is 0.313 e. The fourth-order valence-electron chi connectivity index (χ4n) is 5.01. The van der Waals surface area contributed by atoms with Gasteiger partial charge in [0, 0.05) is 35.9 Å². The molecule has 0 saturated carbocycles. The number of nitrogens with zero attached hydrogens (tertiary/aromatic N) is 1. The highest BCUT2D eigenvalue weighted by Gasteiger charge is 2.18. The maximum atomic E-state index is 15.1. The SMILES string of the molecule is COc1ccc(CCNC(=O)C(=O)Nc2ccc(Oc3ccnc4cc(OCC5CCPCC5)c(OC)cc34)c(F)c2)cc1O. The number of hydrogen-bond donors (Lipinski definition) is 3. The lowest BCUT2D eigenvalue weighted by atomic mass is 10.0. The van der Waals surface area contributed by atoms with E-state index in [1.165, 1.54) is 50.5 Å². The average Bonchev–Trinajstić information content (AvgIpc) is 3.05. The summed E-state index contributed by atoms with van der Waals surface area (Å²) >= 11 is 0. The van der Waals surface area contributed by atoms with E-state index in [1.54, 1.807) is 43.6 Å². The molecule has 45 heavy (non-hydrogen) atoms. The Labute approximate surface area is 262 Å². The Morgan fingerprint density at radius 1 is 0.933 bits per heavy atom. The number of pyridine rings is 1. The Hall–Kier alpha value is -4.63. The Kier molecular flexibility index (Phi) is 10.5.